The quantitative estimate of drug-likeness (QED) is 0.196. The molecule has 0 aliphatic carbocycles. The first kappa shape index (κ1) is 23.2. The summed E-state index contributed by atoms with van der Waals surface area (Å²) in [6.07, 6.45) is 2.69. The Morgan fingerprint density at radius 1 is 1.03 bits per heavy atom. The van der Waals surface area contributed by atoms with E-state index in [2.05, 4.69) is 0 Å². The van der Waals surface area contributed by atoms with Crippen molar-refractivity contribution in [2.24, 2.45) is 11.7 Å². The predicted octanol–water partition coefficient (Wildman–Crippen LogP) is 3.06. The number of hydrogen-bond acceptors (Lipinski definition) is 4. The first-order valence-corrected chi connectivity index (χ1v) is 11.5. The van der Waals surface area contributed by atoms with Crippen LogP contribution in [-0.2, 0) is 16.1 Å². The van der Waals surface area contributed by atoms with Crippen molar-refractivity contribution in [2.75, 3.05) is 13.1 Å². The van der Waals surface area contributed by atoms with Crippen LogP contribution in [0.3, 0.4) is 0 Å². The number of nitrogens with one attached hydrogen (secondary N) is 1. The molecule has 3 aromatic rings. The molecular formula is C26H28N4O4. The average molecular weight is 461 g/mol. The van der Waals surface area contributed by atoms with Crippen LogP contribution in [0.4, 0.5) is 0 Å². The minimum absolute atomic E-state index is 0.0471. The zero-order valence-electron chi connectivity index (χ0n) is 18.9. The SMILES string of the molecule is N=C(N)c1cccc(-c2cc3ccccc3n(CCCCCN3CCC(C(=O)O)C3=O)c2=O)c1. The fourth-order valence-corrected chi connectivity index (χ4v) is 4.55. The number of nitrogens with two attached hydrogens (primary N) is 1. The molecule has 1 aliphatic rings. The summed E-state index contributed by atoms with van der Waals surface area (Å²) in [6, 6.07) is 16.8. The minimum atomic E-state index is -1.05. The van der Waals surface area contributed by atoms with Gasteiger partial charge in [0.25, 0.3) is 5.56 Å². The maximum absolute atomic E-state index is 13.4. The number of carboxylic acids is 1. The summed E-state index contributed by atoms with van der Waals surface area (Å²) in [5.41, 5.74) is 8.24. The second-order valence-electron chi connectivity index (χ2n) is 8.63. The summed E-state index contributed by atoms with van der Waals surface area (Å²) >= 11 is 0. The van der Waals surface area contributed by atoms with E-state index in [0.29, 0.717) is 37.2 Å². The lowest BCUT2D eigenvalue weighted by Gasteiger charge is -2.16. The topological polar surface area (TPSA) is 129 Å². The summed E-state index contributed by atoms with van der Waals surface area (Å²) in [5.74, 6) is -2.30. The highest BCUT2D eigenvalue weighted by molar-refractivity contribution is 5.98. The maximum Gasteiger partial charge on any atom is 0.316 e. The summed E-state index contributed by atoms with van der Waals surface area (Å²) in [4.78, 5) is 38.3. The second-order valence-corrected chi connectivity index (χ2v) is 8.63. The molecule has 0 radical (unpaired) electrons. The average Bonchev–Trinajstić information content (AvgIpc) is 3.20. The first-order valence-electron chi connectivity index (χ1n) is 11.5. The Hall–Kier alpha value is -3.94. The second kappa shape index (κ2) is 9.91. The van der Waals surface area contributed by atoms with E-state index in [9.17, 15) is 14.4 Å². The number of amidine groups is 1. The Morgan fingerprint density at radius 3 is 2.53 bits per heavy atom. The number of benzene rings is 2. The number of likely N-dealkylation sites (tertiary alicyclic amines) is 1. The Labute approximate surface area is 197 Å². The highest BCUT2D eigenvalue weighted by Gasteiger charge is 2.36. The van der Waals surface area contributed by atoms with Crippen LogP contribution in [0, 0.1) is 11.3 Å². The molecule has 8 nitrogen and oxygen atoms in total. The number of aryl methyl sites for hydroxylation is 1. The van der Waals surface area contributed by atoms with Crippen LogP contribution in [0.25, 0.3) is 22.0 Å². The van der Waals surface area contributed by atoms with Gasteiger partial charge in [0, 0.05) is 30.8 Å². The Kier molecular flexibility index (Phi) is 6.77. The maximum atomic E-state index is 13.4. The number of nitrogen functional groups attached to an aromatic ring is 1. The molecule has 0 saturated carbocycles. The van der Waals surface area contributed by atoms with Gasteiger partial charge < -0.3 is 20.3 Å². The largest absolute Gasteiger partial charge is 0.481 e. The van der Waals surface area contributed by atoms with Crippen LogP contribution in [0.15, 0.2) is 59.4 Å². The normalized spacial score (nSPS) is 15.7. The number of aliphatic carboxylic acids is 1. The van der Waals surface area contributed by atoms with E-state index >= 15 is 0 Å². The molecule has 2 heterocycles. The highest BCUT2D eigenvalue weighted by atomic mass is 16.4. The van der Waals surface area contributed by atoms with E-state index in [4.69, 9.17) is 16.2 Å². The van der Waals surface area contributed by atoms with Gasteiger partial charge in [0.2, 0.25) is 5.91 Å². The van der Waals surface area contributed by atoms with Crippen LogP contribution in [0.1, 0.15) is 31.2 Å². The molecule has 1 aliphatic heterocycles. The third kappa shape index (κ3) is 4.71. The predicted molar refractivity (Wildman–Crippen MR) is 131 cm³/mol. The summed E-state index contributed by atoms with van der Waals surface area (Å²) in [5, 5.41) is 17.8. The number of para-hydroxylation sites is 1. The Bertz CT molecular complexity index is 1310. The molecule has 34 heavy (non-hydrogen) atoms. The van der Waals surface area contributed by atoms with E-state index in [-0.39, 0.29) is 17.3 Å². The number of rotatable bonds is 9. The van der Waals surface area contributed by atoms with E-state index in [1.807, 2.05) is 36.4 Å². The van der Waals surface area contributed by atoms with Gasteiger partial charge >= 0.3 is 5.97 Å². The molecule has 1 amide bonds. The third-order valence-electron chi connectivity index (χ3n) is 6.39. The molecule has 4 N–H and O–H groups in total. The number of unbranched alkanes of at least 4 members (excludes halogenated alkanes) is 2. The third-order valence-corrected chi connectivity index (χ3v) is 6.39. The van der Waals surface area contributed by atoms with Gasteiger partial charge in [-0.05, 0) is 54.8 Å². The van der Waals surface area contributed by atoms with Crippen LogP contribution >= 0.6 is 0 Å². The minimum Gasteiger partial charge on any atom is -0.481 e. The molecule has 1 atom stereocenters. The number of carbonyl (C=O) groups is 2. The number of hydrogen-bond donors (Lipinski definition) is 3. The molecule has 0 spiro atoms. The molecule has 1 unspecified atom stereocenters. The lowest BCUT2D eigenvalue weighted by Crippen LogP contribution is -2.31. The number of carbonyl (C=O) groups excluding carboxylic acids is 1. The van der Waals surface area contributed by atoms with Gasteiger partial charge in [0.05, 0.1) is 5.52 Å². The van der Waals surface area contributed by atoms with Crippen LogP contribution < -0.4 is 11.3 Å². The van der Waals surface area contributed by atoms with E-state index < -0.39 is 11.9 Å². The zero-order chi connectivity index (χ0) is 24.2. The summed E-state index contributed by atoms with van der Waals surface area (Å²) in [6.45, 7) is 1.56. The van der Waals surface area contributed by atoms with Crippen molar-refractivity contribution in [2.45, 2.75) is 32.2 Å². The summed E-state index contributed by atoms with van der Waals surface area (Å²) in [7, 11) is 0. The van der Waals surface area contributed by atoms with E-state index in [1.165, 1.54) is 0 Å². The monoisotopic (exact) mass is 460 g/mol. The fraction of sp³-hybridized carbons (Fsp3) is 0.308. The number of pyridine rings is 1. The van der Waals surface area contributed by atoms with Crippen molar-refractivity contribution in [1.82, 2.24) is 9.47 Å². The number of nitrogens with zero attached hydrogens (tertiary/aromatic N) is 2. The van der Waals surface area contributed by atoms with Crippen molar-refractivity contribution in [3.8, 4) is 11.1 Å². The standard InChI is InChI=1S/C26H28N4O4/c27-23(28)19-9-6-8-17(15-19)21-16-18-7-2-3-10-22(18)30(25(21)32)13-5-1-4-12-29-14-11-20(24(29)31)26(33)34/h2-3,6-10,15-16,20H,1,4-5,11-14H2,(H3,27,28)(H,33,34). The van der Waals surface area contributed by atoms with Gasteiger partial charge in [-0.2, -0.15) is 0 Å². The van der Waals surface area contributed by atoms with Crippen molar-refractivity contribution in [1.29, 1.82) is 5.41 Å². The van der Waals surface area contributed by atoms with E-state index in [1.54, 1.807) is 27.7 Å². The number of amides is 1. The highest BCUT2D eigenvalue weighted by Crippen LogP contribution is 2.23. The molecule has 2 aromatic carbocycles. The Morgan fingerprint density at radius 2 is 1.79 bits per heavy atom. The van der Waals surface area contributed by atoms with Crippen LogP contribution in [0.2, 0.25) is 0 Å². The molecule has 176 valence electrons. The lowest BCUT2D eigenvalue weighted by atomic mass is 10.0. The number of carboxylic acid groups (broad SMARTS) is 1. The molecule has 0 bridgehead atoms. The van der Waals surface area contributed by atoms with Crippen LogP contribution in [0.5, 0.6) is 0 Å². The first-order chi connectivity index (χ1) is 16.4. The Balaban J connectivity index is 1.49. The molecule has 8 heteroatoms. The van der Waals surface area contributed by atoms with Gasteiger partial charge in [-0.3, -0.25) is 19.8 Å². The zero-order valence-corrected chi connectivity index (χ0v) is 18.9. The fourth-order valence-electron chi connectivity index (χ4n) is 4.55. The van der Waals surface area contributed by atoms with Gasteiger partial charge in [-0.25, -0.2) is 0 Å². The molecular weight excluding hydrogens is 432 g/mol. The van der Waals surface area contributed by atoms with Crippen molar-refractivity contribution >= 4 is 28.6 Å². The molecule has 1 fully saturated rings. The van der Waals surface area contributed by atoms with E-state index in [0.717, 1.165) is 35.7 Å². The van der Waals surface area contributed by atoms with Crippen molar-refractivity contribution in [3.05, 3.63) is 70.5 Å². The molecule has 1 saturated heterocycles. The van der Waals surface area contributed by atoms with Gasteiger partial charge in [-0.15, -0.1) is 0 Å². The van der Waals surface area contributed by atoms with Crippen LogP contribution in [-0.4, -0.2) is 45.4 Å². The smallest absolute Gasteiger partial charge is 0.316 e. The summed E-state index contributed by atoms with van der Waals surface area (Å²) < 4.78 is 1.78. The lowest BCUT2D eigenvalue weighted by molar-refractivity contribution is -0.147. The van der Waals surface area contributed by atoms with Gasteiger partial charge in [-0.1, -0.05) is 36.4 Å². The van der Waals surface area contributed by atoms with Crippen molar-refractivity contribution in [3.63, 3.8) is 0 Å². The van der Waals surface area contributed by atoms with Gasteiger partial charge in [0.15, 0.2) is 0 Å². The van der Waals surface area contributed by atoms with Gasteiger partial charge in [0.1, 0.15) is 11.8 Å². The number of fused-ring (bicyclic) bond motifs is 1. The number of aromatic nitrogens is 1. The molecule has 4 rings (SSSR count). The van der Waals surface area contributed by atoms with Crippen molar-refractivity contribution < 1.29 is 14.7 Å². The molecule has 1 aromatic heterocycles.